The second-order valence-electron chi connectivity index (χ2n) is 8.73. The molecule has 0 radical (unpaired) electrons. The van der Waals surface area contributed by atoms with Crippen molar-refractivity contribution >= 4 is 21.8 Å². The van der Waals surface area contributed by atoms with Crippen LogP contribution in [0.1, 0.15) is 24.0 Å². The van der Waals surface area contributed by atoms with Gasteiger partial charge in [0.05, 0.1) is 10.5 Å². The Hall–Kier alpha value is -2.92. The summed E-state index contributed by atoms with van der Waals surface area (Å²) >= 11 is 0. The van der Waals surface area contributed by atoms with Crippen LogP contribution in [0.5, 0.6) is 0 Å². The van der Waals surface area contributed by atoms with Gasteiger partial charge in [0.15, 0.2) is 0 Å². The van der Waals surface area contributed by atoms with Crippen LogP contribution < -0.4 is 10.6 Å². The van der Waals surface area contributed by atoms with Gasteiger partial charge in [0.2, 0.25) is 21.8 Å². The second kappa shape index (κ2) is 8.70. The Morgan fingerprint density at radius 3 is 2.26 bits per heavy atom. The molecule has 1 saturated heterocycles. The summed E-state index contributed by atoms with van der Waals surface area (Å²) in [6, 6.07) is 11.4. The summed E-state index contributed by atoms with van der Waals surface area (Å²) < 4.78 is 65.8. The molecular weight excluding hydrogens is 471 g/mol. The Balaban J connectivity index is 1.45. The Kier molecular flexibility index (Phi) is 6.19. The van der Waals surface area contributed by atoms with Crippen molar-refractivity contribution in [2.45, 2.75) is 36.5 Å². The molecule has 2 amide bonds. The van der Waals surface area contributed by atoms with E-state index in [9.17, 15) is 31.2 Å². The standard InChI is InChI=1S/C23H24F3N3O4S/c1-27-21(31)19-12-22(14-29(19)34(32,33)17-5-3-2-4-6-17)11-18(22)20(30)28-13-15-7-9-16(10-8-15)23(24,25)26/h2-10,18-19H,11-14H2,1H3,(H,27,31)(H,28,30). The van der Waals surface area contributed by atoms with Crippen molar-refractivity contribution in [2.24, 2.45) is 11.3 Å². The minimum absolute atomic E-state index is 0.0423. The molecule has 7 nitrogen and oxygen atoms in total. The number of nitrogens with zero attached hydrogens (tertiary/aromatic N) is 1. The number of sulfonamides is 1. The van der Waals surface area contributed by atoms with Gasteiger partial charge in [0.25, 0.3) is 0 Å². The van der Waals surface area contributed by atoms with Crippen LogP contribution in [0.2, 0.25) is 0 Å². The van der Waals surface area contributed by atoms with Gasteiger partial charge in [-0.1, -0.05) is 30.3 Å². The van der Waals surface area contributed by atoms with Gasteiger partial charge in [0.1, 0.15) is 6.04 Å². The van der Waals surface area contributed by atoms with Crippen LogP contribution in [0.3, 0.4) is 0 Å². The maximum Gasteiger partial charge on any atom is 0.416 e. The summed E-state index contributed by atoms with van der Waals surface area (Å²) in [6.07, 6.45) is -3.78. The number of amides is 2. The van der Waals surface area contributed by atoms with Gasteiger partial charge < -0.3 is 10.6 Å². The molecule has 3 unspecified atom stereocenters. The zero-order valence-corrected chi connectivity index (χ0v) is 19.1. The van der Waals surface area contributed by atoms with Gasteiger partial charge >= 0.3 is 6.18 Å². The molecule has 0 bridgehead atoms. The van der Waals surface area contributed by atoms with E-state index < -0.39 is 45.0 Å². The predicted molar refractivity (Wildman–Crippen MR) is 117 cm³/mol. The van der Waals surface area contributed by atoms with Gasteiger partial charge in [0, 0.05) is 26.1 Å². The molecule has 34 heavy (non-hydrogen) atoms. The van der Waals surface area contributed by atoms with Gasteiger partial charge in [-0.05, 0) is 48.1 Å². The lowest BCUT2D eigenvalue weighted by atomic mass is 9.99. The van der Waals surface area contributed by atoms with Crippen molar-refractivity contribution in [3.05, 3.63) is 65.7 Å². The van der Waals surface area contributed by atoms with E-state index in [0.29, 0.717) is 12.0 Å². The number of likely N-dealkylation sites (N-methyl/N-ethyl adjacent to an activating group) is 1. The predicted octanol–water partition coefficient (Wildman–Crippen LogP) is 2.54. The summed E-state index contributed by atoms with van der Waals surface area (Å²) in [6.45, 7) is 0.0924. The molecule has 2 aromatic carbocycles. The fraction of sp³-hybridized carbons (Fsp3) is 0.391. The number of carbonyl (C=O) groups is 2. The molecule has 11 heteroatoms. The molecule has 2 fully saturated rings. The number of carbonyl (C=O) groups excluding carboxylic acids is 2. The number of nitrogens with one attached hydrogen (secondary N) is 2. The van der Waals surface area contributed by atoms with Gasteiger partial charge in [-0.25, -0.2) is 8.42 Å². The minimum Gasteiger partial charge on any atom is -0.358 e. The molecule has 1 saturated carbocycles. The van der Waals surface area contributed by atoms with Crippen LogP contribution >= 0.6 is 0 Å². The Labute approximate surface area is 195 Å². The number of halogens is 3. The van der Waals surface area contributed by atoms with E-state index in [2.05, 4.69) is 10.6 Å². The monoisotopic (exact) mass is 495 g/mol. The summed E-state index contributed by atoms with van der Waals surface area (Å²) in [5, 5.41) is 5.23. The topological polar surface area (TPSA) is 95.6 Å². The average molecular weight is 496 g/mol. The molecule has 0 aromatic heterocycles. The summed E-state index contributed by atoms with van der Waals surface area (Å²) in [5.41, 5.74) is -0.905. The third-order valence-electron chi connectivity index (χ3n) is 6.57. The highest BCUT2D eigenvalue weighted by Gasteiger charge is 2.66. The van der Waals surface area contributed by atoms with Crippen molar-refractivity contribution in [1.82, 2.24) is 14.9 Å². The van der Waals surface area contributed by atoms with E-state index in [4.69, 9.17) is 0 Å². The molecule has 182 valence electrons. The van der Waals surface area contributed by atoms with Crippen LogP contribution in [-0.2, 0) is 32.3 Å². The molecule has 1 heterocycles. The second-order valence-corrected chi connectivity index (χ2v) is 10.6. The van der Waals surface area contributed by atoms with E-state index in [1.54, 1.807) is 18.2 Å². The zero-order valence-electron chi connectivity index (χ0n) is 18.3. The van der Waals surface area contributed by atoms with E-state index in [1.165, 1.54) is 35.6 Å². The largest absolute Gasteiger partial charge is 0.416 e. The first-order valence-electron chi connectivity index (χ1n) is 10.7. The quantitative estimate of drug-likeness (QED) is 0.644. The van der Waals surface area contributed by atoms with E-state index in [0.717, 1.165) is 12.1 Å². The molecule has 4 rings (SSSR count). The lowest BCUT2D eigenvalue weighted by Crippen LogP contribution is -2.44. The number of hydrogen-bond donors (Lipinski definition) is 2. The average Bonchev–Trinajstić information content (AvgIpc) is 3.38. The van der Waals surface area contributed by atoms with Crippen molar-refractivity contribution in [1.29, 1.82) is 0 Å². The molecule has 2 aromatic rings. The van der Waals surface area contributed by atoms with Crippen LogP contribution in [-0.4, -0.2) is 44.2 Å². The lowest BCUT2D eigenvalue weighted by Gasteiger charge is -2.22. The smallest absolute Gasteiger partial charge is 0.358 e. The number of hydrogen-bond acceptors (Lipinski definition) is 4. The van der Waals surface area contributed by atoms with Crippen LogP contribution in [0, 0.1) is 11.3 Å². The highest BCUT2D eigenvalue weighted by Crippen LogP contribution is 2.61. The summed E-state index contributed by atoms with van der Waals surface area (Å²) in [4.78, 5) is 25.4. The van der Waals surface area contributed by atoms with E-state index in [-0.39, 0.29) is 30.3 Å². The fourth-order valence-corrected chi connectivity index (χ4v) is 6.29. The molecule has 2 aliphatic rings. The van der Waals surface area contributed by atoms with Crippen LogP contribution in [0.15, 0.2) is 59.5 Å². The molecule has 1 spiro atoms. The lowest BCUT2D eigenvalue weighted by molar-refractivity contribution is -0.137. The van der Waals surface area contributed by atoms with Crippen molar-refractivity contribution in [2.75, 3.05) is 13.6 Å². The highest BCUT2D eigenvalue weighted by atomic mass is 32.2. The summed E-state index contributed by atoms with van der Waals surface area (Å²) in [7, 11) is -2.51. The fourth-order valence-electron chi connectivity index (χ4n) is 4.59. The third-order valence-corrected chi connectivity index (χ3v) is 8.44. The minimum atomic E-state index is -4.43. The first-order valence-corrected chi connectivity index (χ1v) is 12.1. The SMILES string of the molecule is CNC(=O)C1CC2(CC2C(=O)NCc2ccc(C(F)(F)F)cc2)CN1S(=O)(=O)c1ccccc1. The van der Waals surface area contributed by atoms with Crippen molar-refractivity contribution in [3.63, 3.8) is 0 Å². The molecule has 1 aliphatic carbocycles. The van der Waals surface area contributed by atoms with Crippen LogP contribution in [0.25, 0.3) is 0 Å². The molecule has 2 N–H and O–H groups in total. The van der Waals surface area contributed by atoms with Gasteiger partial charge in [-0.3, -0.25) is 9.59 Å². The Bertz CT molecular complexity index is 1190. The molecular formula is C23H24F3N3O4S. The molecule has 3 atom stereocenters. The van der Waals surface area contributed by atoms with E-state index >= 15 is 0 Å². The third kappa shape index (κ3) is 4.54. The molecule has 1 aliphatic heterocycles. The van der Waals surface area contributed by atoms with E-state index in [1.807, 2.05) is 0 Å². The Morgan fingerprint density at radius 1 is 1.03 bits per heavy atom. The highest BCUT2D eigenvalue weighted by molar-refractivity contribution is 7.89. The number of alkyl halides is 3. The van der Waals surface area contributed by atoms with Crippen molar-refractivity contribution in [3.8, 4) is 0 Å². The zero-order chi connectivity index (χ0) is 24.7. The number of benzene rings is 2. The van der Waals surface area contributed by atoms with Gasteiger partial charge in [-0.2, -0.15) is 17.5 Å². The first kappa shape index (κ1) is 24.2. The van der Waals surface area contributed by atoms with Gasteiger partial charge in [-0.15, -0.1) is 0 Å². The maximum absolute atomic E-state index is 13.2. The van der Waals surface area contributed by atoms with Crippen molar-refractivity contribution < 1.29 is 31.2 Å². The summed E-state index contributed by atoms with van der Waals surface area (Å²) in [5.74, 6) is -1.23. The Morgan fingerprint density at radius 2 is 1.68 bits per heavy atom. The first-order chi connectivity index (χ1) is 16.0. The maximum atomic E-state index is 13.2. The van der Waals surface area contributed by atoms with Crippen LogP contribution in [0.4, 0.5) is 13.2 Å². The number of rotatable bonds is 6. The normalized spacial score (nSPS) is 24.7.